The summed E-state index contributed by atoms with van der Waals surface area (Å²) in [6.45, 7) is 0.720. The Kier molecular flexibility index (Phi) is 3.08. The maximum atomic E-state index is 11.5. The van der Waals surface area contributed by atoms with Gasteiger partial charge in [0.1, 0.15) is 5.82 Å². The van der Waals surface area contributed by atoms with Gasteiger partial charge >= 0.3 is 5.69 Å². The summed E-state index contributed by atoms with van der Waals surface area (Å²) in [5.41, 5.74) is 4.70. The molecule has 0 amide bonds. The third kappa shape index (κ3) is 1.85. The predicted octanol–water partition coefficient (Wildman–Crippen LogP) is -1.22. The second kappa shape index (κ2) is 4.10. The van der Waals surface area contributed by atoms with E-state index in [-0.39, 0.29) is 5.82 Å². The smallest absolute Gasteiger partial charge is 0.332 e. The van der Waals surface area contributed by atoms with E-state index >= 15 is 0 Å². The van der Waals surface area contributed by atoms with Crippen molar-refractivity contribution in [3.63, 3.8) is 0 Å². The number of methoxy groups -OCH3 is 1. The fraction of sp³-hybridized carbons (Fsp3) is 0.500. The van der Waals surface area contributed by atoms with Gasteiger partial charge in [-0.2, -0.15) is 0 Å². The molecule has 0 unspecified atom stereocenters. The molecule has 0 atom stereocenters. The molecule has 0 aromatic carbocycles. The Balaban J connectivity index is 3.23. The zero-order valence-electron chi connectivity index (χ0n) is 8.19. The number of hydrogen-bond donors (Lipinski definition) is 1. The van der Waals surface area contributed by atoms with E-state index in [1.165, 1.54) is 24.8 Å². The summed E-state index contributed by atoms with van der Waals surface area (Å²) in [5, 5.41) is 0. The first-order valence-electron chi connectivity index (χ1n) is 4.13. The molecule has 6 heteroatoms. The first kappa shape index (κ1) is 10.5. The van der Waals surface area contributed by atoms with Gasteiger partial charge in [0.15, 0.2) is 0 Å². The molecular weight excluding hydrogens is 186 g/mol. The van der Waals surface area contributed by atoms with E-state index in [0.717, 1.165) is 4.57 Å². The monoisotopic (exact) mass is 199 g/mol. The van der Waals surface area contributed by atoms with Crippen LogP contribution in [0, 0.1) is 0 Å². The molecule has 0 radical (unpaired) electrons. The molecule has 0 spiro atoms. The van der Waals surface area contributed by atoms with Gasteiger partial charge in [-0.25, -0.2) is 4.79 Å². The lowest BCUT2D eigenvalue weighted by Crippen LogP contribution is -2.39. The third-order valence-corrected chi connectivity index (χ3v) is 1.95. The van der Waals surface area contributed by atoms with Crippen molar-refractivity contribution in [3.05, 3.63) is 26.9 Å². The zero-order chi connectivity index (χ0) is 10.7. The van der Waals surface area contributed by atoms with Crippen molar-refractivity contribution in [2.45, 2.75) is 6.54 Å². The Morgan fingerprint density at radius 1 is 1.50 bits per heavy atom. The molecule has 14 heavy (non-hydrogen) atoms. The summed E-state index contributed by atoms with van der Waals surface area (Å²) in [5.74, 6) is 0.162. The number of aromatic nitrogens is 2. The molecule has 0 saturated heterocycles. The highest BCUT2D eigenvalue weighted by Gasteiger charge is 2.05. The minimum atomic E-state index is -0.424. The van der Waals surface area contributed by atoms with Gasteiger partial charge in [0.05, 0.1) is 13.2 Å². The lowest BCUT2D eigenvalue weighted by atomic mass is 10.5. The average molecular weight is 199 g/mol. The quantitative estimate of drug-likeness (QED) is 0.661. The molecule has 78 valence electrons. The van der Waals surface area contributed by atoms with E-state index in [2.05, 4.69) is 0 Å². The number of nitrogens with two attached hydrogens (primary N) is 1. The summed E-state index contributed by atoms with van der Waals surface area (Å²) in [4.78, 5) is 22.6. The van der Waals surface area contributed by atoms with Crippen LogP contribution in [-0.4, -0.2) is 22.9 Å². The van der Waals surface area contributed by atoms with Crippen LogP contribution in [0.5, 0.6) is 0 Å². The Bertz CT molecular complexity index is 432. The molecule has 0 aliphatic heterocycles. The molecule has 0 saturated carbocycles. The van der Waals surface area contributed by atoms with Gasteiger partial charge in [-0.05, 0) is 0 Å². The Morgan fingerprint density at radius 2 is 2.14 bits per heavy atom. The lowest BCUT2D eigenvalue weighted by Gasteiger charge is -2.09. The summed E-state index contributed by atoms with van der Waals surface area (Å²) >= 11 is 0. The summed E-state index contributed by atoms with van der Waals surface area (Å²) < 4.78 is 7.13. The van der Waals surface area contributed by atoms with Gasteiger partial charge in [-0.3, -0.25) is 13.9 Å². The third-order valence-electron chi connectivity index (χ3n) is 1.95. The average Bonchev–Trinajstić information content (AvgIpc) is 2.14. The van der Waals surface area contributed by atoms with Crippen LogP contribution in [-0.2, 0) is 18.3 Å². The Hall–Kier alpha value is -1.56. The molecule has 0 aliphatic carbocycles. The molecule has 1 aromatic heterocycles. The van der Waals surface area contributed by atoms with Crippen molar-refractivity contribution in [3.8, 4) is 0 Å². The van der Waals surface area contributed by atoms with Gasteiger partial charge in [-0.15, -0.1) is 0 Å². The van der Waals surface area contributed by atoms with Crippen LogP contribution in [0.4, 0.5) is 5.82 Å². The van der Waals surface area contributed by atoms with Crippen LogP contribution in [0.3, 0.4) is 0 Å². The molecule has 2 N–H and O–H groups in total. The molecule has 0 aliphatic rings. The zero-order valence-corrected chi connectivity index (χ0v) is 8.19. The number of rotatable bonds is 3. The number of nitrogens with zero attached hydrogens (tertiary/aromatic N) is 2. The predicted molar refractivity (Wildman–Crippen MR) is 52.2 cm³/mol. The van der Waals surface area contributed by atoms with E-state index in [4.69, 9.17) is 10.5 Å². The normalized spacial score (nSPS) is 10.4. The van der Waals surface area contributed by atoms with E-state index in [1.807, 2.05) is 0 Å². The van der Waals surface area contributed by atoms with E-state index in [9.17, 15) is 9.59 Å². The van der Waals surface area contributed by atoms with Crippen LogP contribution >= 0.6 is 0 Å². The number of ether oxygens (including phenoxy) is 1. The second-order valence-corrected chi connectivity index (χ2v) is 2.89. The van der Waals surface area contributed by atoms with E-state index < -0.39 is 11.2 Å². The molecule has 0 fully saturated rings. The van der Waals surface area contributed by atoms with Crippen LogP contribution in [0.2, 0.25) is 0 Å². The van der Waals surface area contributed by atoms with Gasteiger partial charge in [0, 0.05) is 20.2 Å². The van der Waals surface area contributed by atoms with Crippen molar-refractivity contribution in [1.82, 2.24) is 9.13 Å². The van der Waals surface area contributed by atoms with Crippen LogP contribution in [0.15, 0.2) is 15.7 Å². The Labute approximate surface area is 80.5 Å². The standard InChI is InChI=1S/C8H13N3O3/c1-10-7(12)5-6(9)11(8(10)13)3-4-14-2/h5H,3-4,9H2,1-2H3. The summed E-state index contributed by atoms with van der Waals surface area (Å²) in [6.07, 6.45) is 0. The van der Waals surface area contributed by atoms with E-state index in [0.29, 0.717) is 13.2 Å². The van der Waals surface area contributed by atoms with Crippen molar-refractivity contribution in [1.29, 1.82) is 0 Å². The highest BCUT2D eigenvalue weighted by molar-refractivity contribution is 5.26. The highest BCUT2D eigenvalue weighted by Crippen LogP contribution is 1.92. The lowest BCUT2D eigenvalue weighted by molar-refractivity contribution is 0.186. The number of hydrogen-bond acceptors (Lipinski definition) is 4. The SMILES string of the molecule is COCCn1c(N)cc(=O)n(C)c1=O. The molecule has 0 bridgehead atoms. The van der Waals surface area contributed by atoms with E-state index in [1.54, 1.807) is 0 Å². The fourth-order valence-corrected chi connectivity index (χ4v) is 1.09. The van der Waals surface area contributed by atoms with Crippen molar-refractivity contribution in [2.24, 2.45) is 7.05 Å². The first-order chi connectivity index (χ1) is 6.57. The topological polar surface area (TPSA) is 79.2 Å². The minimum absolute atomic E-state index is 0.162. The fourth-order valence-electron chi connectivity index (χ4n) is 1.09. The molecule has 1 heterocycles. The van der Waals surface area contributed by atoms with Gasteiger partial charge in [0.2, 0.25) is 0 Å². The molecule has 1 aromatic rings. The van der Waals surface area contributed by atoms with Crippen molar-refractivity contribution < 1.29 is 4.74 Å². The molecule has 6 nitrogen and oxygen atoms in total. The van der Waals surface area contributed by atoms with Gasteiger partial charge in [-0.1, -0.05) is 0 Å². The highest BCUT2D eigenvalue weighted by atomic mass is 16.5. The second-order valence-electron chi connectivity index (χ2n) is 2.89. The molecular formula is C8H13N3O3. The van der Waals surface area contributed by atoms with Crippen LogP contribution in [0.25, 0.3) is 0 Å². The maximum absolute atomic E-state index is 11.5. The Morgan fingerprint density at radius 3 is 2.71 bits per heavy atom. The van der Waals surface area contributed by atoms with Crippen LogP contribution < -0.4 is 17.0 Å². The van der Waals surface area contributed by atoms with Gasteiger partial charge < -0.3 is 10.5 Å². The van der Waals surface area contributed by atoms with Crippen LogP contribution in [0.1, 0.15) is 0 Å². The minimum Gasteiger partial charge on any atom is -0.385 e. The number of nitrogen functional groups attached to an aromatic ring is 1. The summed E-state index contributed by atoms with van der Waals surface area (Å²) in [6, 6.07) is 1.22. The maximum Gasteiger partial charge on any atom is 0.332 e. The molecule has 1 rings (SSSR count). The van der Waals surface area contributed by atoms with Gasteiger partial charge in [0.25, 0.3) is 5.56 Å². The van der Waals surface area contributed by atoms with Crippen molar-refractivity contribution >= 4 is 5.82 Å². The summed E-state index contributed by atoms with van der Waals surface area (Å²) in [7, 11) is 2.94. The van der Waals surface area contributed by atoms with Crippen molar-refractivity contribution in [2.75, 3.05) is 19.5 Å². The number of anilines is 1. The first-order valence-corrected chi connectivity index (χ1v) is 4.13. The largest absolute Gasteiger partial charge is 0.385 e.